The predicted molar refractivity (Wildman–Crippen MR) is 79.8 cm³/mol. The predicted octanol–water partition coefficient (Wildman–Crippen LogP) is 1.17. The molecule has 7 nitrogen and oxygen atoms in total. The molecule has 1 aromatic carbocycles. The van der Waals surface area contributed by atoms with E-state index < -0.39 is 28.1 Å². The number of carbonyl (C=O) groups excluding carboxylic acids is 2. The van der Waals surface area contributed by atoms with E-state index in [0.717, 1.165) is 4.31 Å². The maximum absolute atomic E-state index is 12.2. The van der Waals surface area contributed by atoms with Crippen LogP contribution in [0.5, 0.6) is 0 Å². The van der Waals surface area contributed by atoms with Crippen molar-refractivity contribution < 1.29 is 27.5 Å². The zero-order valence-corrected chi connectivity index (χ0v) is 14.3. The van der Waals surface area contributed by atoms with Crippen molar-refractivity contribution in [2.45, 2.75) is 17.4 Å². The lowest BCUT2D eigenvalue weighted by Gasteiger charge is -2.14. The van der Waals surface area contributed by atoms with E-state index in [4.69, 9.17) is 9.47 Å². The fraction of sp³-hybridized carbons (Fsp3) is 0.385. The third-order valence-corrected chi connectivity index (χ3v) is 5.87. The minimum atomic E-state index is -3.71. The van der Waals surface area contributed by atoms with Gasteiger partial charge in [-0.2, -0.15) is 0 Å². The van der Waals surface area contributed by atoms with Crippen LogP contribution in [0.3, 0.4) is 0 Å². The van der Waals surface area contributed by atoms with Gasteiger partial charge in [-0.25, -0.2) is 22.3 Å². The molecule has 1 atom stereocenters. The van der Waals surface area contributed by atoms with E-state index in [0.29, 0.717) is 10.9 Å². The molecule has 0 radical (unpaired) electrons. The van der Waals surface area contributed by atoms with Crippen molar-refractivity contribution in [2.24, 2.45) is 0 Å². The van der Waals surface area contributed by atoms with Crippen LogP contribution >= 0.6 is 15.9 Å². The Hall–Kier alpha value is -1.45. The number of sulfonamides is 1. The Kier molecular flexibility index (Phi) is 4.88. The van der Waals surface area contributed by atoms with Crippen molar-refractivity contribution in [3.8, 4) is 0 Å². The van der Waals surface area contributed by atoms with Gasteiger partial charge in [0.05, 0.1) is 17.1 Å². The number of rotatable bonds is 4. The number of halogens is 1. The van der Waals surface area contributed by atoms with Gasteiger partial charge in [0.15, 0.2) is 0 Å². The Labute approximate surface area is 136 Å². The molecule has 1 heterocycles. The molecule has 1 fully saturated rings. The summed E-state index contributed by atoms with van der Waals surface area (Å²) in [4.78, 5) is 23.3. The summed E-state index contributed by atoms with van der Waals surface area (Å²) in [5.41, 5.74) is 0.0447. The number of hydrogen-bond donors (Lipinski definition) is 0. The van der Waals surface area contributed by atoms with E-state index in [9.17, 15) is 18.0 Å². The Bertz CT molecular complexity index is 715. The molecule has 1 saturated heterocycles. The third kappa shape index (κ3) is 3.31. The van der Waals surface area contributed by atoms with Gasteiger partial charge < -0.3 is 9.47 Å². The number of benzene rings is 1. The maximum Gasteiger partial charge on any atom is 0.347 e. The average Bonchev–Trinajstić information content (AvgIpc) is 2.84. The normalized spacial score (nSPS) is 18.4. The molecular formula is C13H14BrNO6S. The summed E-state index contributed by atoms with van der Waals surface area (Å²) in [5, 5.41) is 0. The molecule has 0 spiro atoms. The Morgan fingerprint density at radius 3 is 2.64 bits per heavy atom. The van der Waals surface area contributed by atoms with E-state index in [-0.39, 0.29) is 17.1 Å². The maximum atomic E-state index is 12.2. The molecule has 0 aromatic heterocycles. The summed E-state index contributed by atoms with van der Waals surface area (Å²) in [7, 11) is -0.934. The highest BCUT2D eigenvalue weighted by Gasteiger charge is 2.31. The zero-order chi connectivity index (χ0) is 16.5. The Morgan fingerprint density at radius 1 is 1.41 bits per heavy atom. The van der Waals surface area contributed by atoms with Crippen LogP contribution in [0.1, 0.15) is 16.8 Å². The molecular weight excluding hydrogens is 378 g/mol. The highest BCUT2D eigenvalue weighted by molar-refractivity contribution is 9.10. The first-order valence-electron chi connectivity index (χ1n) is 6.33. The van der Waals surface area contributed by atoms with E-state index in [1.165, 1.54) is 32.3 Å². The van der Waals surface area contributed by atoms with Crippen LogP contribution in [-0.4, -0.2) is 51.5 Å². The first-order valence-corrected chi connectivity index (χ1v) is 8.56. The molecule has 9 heteroatoms. The number of carbonyl (C=O) groups is 2. The lowest BCUT2D eigenvalue weighted by atomic mass is 10.2. The molecule has 1 aromatic rings. The first-order chi connectivity index (χ1) is 10.2. The molecule has 120 valence electrons. The standard InChI is InChI=1S/C13H14BrNO6S/c1-15(2)22(18,19)11-7-8(3-4-9(11)14)12(16)21-10-5-6-20-13(10)17/h3-4,7,10H,5-6H2,1-2H3/t10-/m0/s1. The monoisotopic (exact) mass is 391 g/mol. The van der Waals surface area contributed by atoms with Crippen LogP contribution in [0.15, 0.2) is 27.6 Å². The summed E-state index contributed by atoms with van der Waals surface area (Å²) < 4.78 is 35.5. The van der Waals surface area contributed by atoms with Crippen molar-refractivity contribution in [3.05, 3.63) is 28.2 Å². The van der Waals surface area contributed by atoms with E-state index >= 15 is 0 Å². The van der Waals surface area contributed by atoms with Gasteiger partial charge in [0.1, 0.15) is 0 Å². The van der Waals surface area contributed by atoms with Crippen LogP contribution in [0.25, 0.3) is 0 Å². The number of ether oxygens (including phenoxy) is 2. The quantitative estimate of drug-likeness (QED) is 0.715. The van der Waals surface area contributed by atoms with Gasteiger partial charge in [0.2, 0.25) is 16.1 Å². The van der Waals surface area contributed by atoms with Gasteiger partial charge >= 0.3 is 11.9 Å². The van der Waals surface area contributed by atoms with Crippen LogP contribution < -0.4 is 0 Å². The second-order valence-electron chi connectivity index (χ2n) is 4.78. The van der Waals surface area contributed by atoms with Crippen molar-refractivity contribution in [1.29, 1.82) is 0 Å². The van der Waals surface area contributed by atoms with E-state index in [1.54, 1.807) is 0 Å². The van der Waals surface area contributed by atoms with E-state index in [2.05, 4.69) is 15.9 Å². The van der Waals surface area contributed by atoms with Crippen LogP contribution in [-0.2, 0) is 24.3 Å². The molecule has 0 aliphatic carbocycles. The van der Waals surface area contributed by atoms with Gasteiger partial charge in [-0.3, -0.25) is 0 Å². The van der Waals surface area contributed by atoms with Crippen molar-refractivity contribution >= 4 is 37.9 Å². The van der Waals surface area contributed by atoms with Crippen molar-refractivity contribution in [3.63, 3.8) is 0 Å². The summed E-state index contributed by atoms with van der Waals surface area (Å²) in [5.74, 6) is -1.36. The second-order valence-corrected chi connectivity index (χ2v) is 7.76. The lowest BCUT2D eigenvalue weighted by molar-refractivity contribution is -0.145. The summed E-state index contributed by atoms with van der Waals surface area (Å²) in [6.07, 6.45) is -0.644. The second kappa shape index (κ2) is 6.35. The van der Waals surface area contributed by atoms with Crippen molar-refractivity contribution in [2.75, 3.05) is 20.7 Å². The summed E-state index contributed by atoms with van der Waals surface area (Å²) in [6.45, 7) is 0.206. The molecule has 22 heavy (non-hydrogen) atoms. The molecule has 2 rings (SSSR count). The highest BCUT2D eigenvalue weighted by atomic mass is 79.9. The topological polar surface area (TPSA) is 90.0 Å². The van der Waals surface area contributed by atoms with Crippen LogP contribution in [0, 0.1) is 0 Å². The fourth-order valence-electron chi connectivity index (χ4n) is 1.81. The first kappa shape index (κ1) is 16.9. The van der Waals surface area contributed by atoms with Gasteiger partial charge in [0.25, 0.3) is 0 Å². The van der Waals surface area contributed by atoms with Crippen LogP contribution in [0.2, 0.25) is 0 Å². The fourth-order valence-corrected chi connectivity index (χ4v) is 3.65. The van der Waals surface area contributed by atoms with E-state index in [1.807, 2.05) is 0 Å². The Morgan fingerprint density at radius 2 is 2.09 bits per heavy atom. The molecule has 0 unspecified atom stereocenters. The molecule has 1 aliphatic heterocycles. The number of cyclic esters (lactones) is 1. The SMILES string of the molecule is CN(C)S(=O)(=O)c1cc(C(=O)O[C@H]2CCOC2=O)ccc1Br. The van der Waals surface area contributed by atoms with Gasteiger partial charge in [-0.1, -0.05) is 0 Å². The minimum Gasteiger partial charge on any atom is -0.463 e. The number of nitrogens with zero attached hydrogens (tertiary/aromatic N) is 1. The van der Waals surface area contributed by atoms with Gasteiger partial charge in [0, 0.05) is 25.0 Å². The number of esters is 2. The minimum absolute atomic E-state index is 0.0447. The molecule has 0 saturated carbocycles. The molecule has 0 N–H and O–H groups in total. The van der Waals surface area contributed by atoms with Gasteiger partial charge in [-0.15, -0.1) is 0 Å². The molecule has 1 aliphatic rings. The largest absolute Gasteiger partial charge is 0.463 e. The lowest BCUT2D eigenvalue weighted by Crippen LogP contribution is -2.24. The zero-order valence-electron chi connectivity index (χ0n) is 11.9. The number of hydrogen-bond acceptors (Lipinski definition) is 6. The van der Waals surface area contributed by atoms with Gasteiger partial charge in [-0.05, 0) is 34.1 Å². The third-order valence-electron chi connectivity index (χ3n) is 3.06. The summed E-state index contributed by atoms with van der Waals surface area (Å²) in [6, 6.07) is 4.07. The Balaban J connectivity index is 2.29. The van der Waals surface area contributed by atoms with Crippen LogP contribution in [0.4, 0.5) is 0 Å². The highest BCUT2D eigenvalue weighted by Crippen LogP contribution is 2.26. The molecule has 0 amide bonds. The molecule has 0 bridgehead atoms. The smallest absolute Gasteiger partial charge is 0.347 e. The summed E-state index contributed by atoms with van der Waals surface area (Å²) >= 11 is 3.15. The van der Waals surface area contributed by atoms with Crippen molar-refractivity contribution in [1.82, 2.24) is 4.31 Å². The average molecular weight is 392 g/mol.